The predicted molar refractivity (Wildman–Crippen MR) is 79.7 cm³/mol. The van der Waals surface area contributed by atoms with Crippen LogP contribution in [0.1, 0.15) is 11.1 Å². The standard InChI is InChI=1S/C12H20N2O2S2/c1-10-4-3-5-11(2)12(10)14-18(15,16)9-8-17-7-6-13/h3-5,14H,6-9,13H2,1-2H3. The second kappa shape index (κ2) is 7.01. The second-order valence-corrected chi connectivity index (χ2v) is 7.16. The molecule has 0 aliphatic carbocycles. The van der Waals surface area contributed by atoms with Crippen molar-refractivity contribution in [3.8, 4) is 0 Å². The number of aryl methyl sites for hydroxylation is 2. The Hall–Kier alpha value is -0.720. The van der Waals surface area contributed by atoms with E-state index in [1.54, 1.807) is 11.8 Å². The summed E-state index contributed by atoms with van der Waals surface area (Å²) >= 11 is 1.55. The molecule has 0 fully saturated rings. The molecule has 0 unspecified atom stereocenters. The van der Waals surface area contributed by atoms with Gasteiger partial charge in [-0.15, -0.1) is 0 Å². The lowest BCUT2D eigenvalue weighted by molar-refractivity contribution is 0.602. The summed E-state index contributed by atoms with van der Waals surface area (Å²) in [6.07, 6.45) is 0. The van der Waals surface area contributed by atoms with Crippen molar-refractivity contribution < 1.29 is 8.42 Å². The Morgan fingerprint density at radius 3 is 2.39 bits per heavy atom. The molecule has 0 saturated heterocycles. The van der Waals surface area contributed by atoms with Crippen LogP contribution in [0.25, 0.3) is 0 Å². The molecule has 1 aromatic carbocycles. The average molecular weight is 288 g/mol. The average Bonchev–Trinajstić information content (AvgIpc) is 2.30. The summed E-state index contributed by atoms with van der Waals surface area (Å²) in [5.41, 5.74) is 7.93. The SMILES string of the molecule is Cc1cccc(C)c1NS(=O)(=O)CCSCCN. The molecule has 102 valence electrons. The summed E-state index contributed by atoms with van der Waals surface area (Å²) in [6, 6.07) is 5.71. The molecule has 0 aromatic heterocycles. The van der Waals surface area contributed by atoms with Crippen molar-refractivity contribution in [3.63, 3.8) is 0 Å². The largest absolute Gasteiger partial charge is 0.330 e. The summed E-state index contributed by atoms with van der Waals surface area (Å²) in [6.45, 7) is 4.37. The van der Waals surface area contributed by atoms with Gasteiger partial charge in [-0.1, -0.05) is 18.2 Å². The molecular weight excluding hydrogens is 268 g/mol. The van der Waals surface area contributed by atoms with Crippen LogP contribution in [0.4, 0.5) is 5.69 Å². The van der Waals surface area contributed by atoms with Crippen molar-refractivity contribution in [2.75, 3.05) is 28.5 Å². The number of sulfonamides is 1. The lowest BCUT2D eigenvalue weighted by Gasteiger charge is -2.12. The molecule has 1 rings (SSSR count). The van der Waals surface area contributed by atoms with Crippen LogP contribution in [-0.2, 0) is 10.0 Å². The van der Waals surface area contributed by atoms with Crippen LogP contribution >= 0.6 is 11.8 Å². The lowest BCUT2D eigenvalue weighted by Crippen LogP contribution is -2.19. The zero-order chi connectivity index (χ0) is 13.6. The van der Waals surface area contributed by atoms with Gasteiger partial charge in [-0.3, -0.25) is 4.72 Å². The van der Waals surface area contributed by atoms with Crippen LogP contribution < -0.4 is 10.5 Å². The zero-order valence-corrected chi connectivity index (χ0v) is 12.4. The highest BCUT2D eigenvalue weighted by atomic mass is 32.2. The minimum absolute atomic E-state index is 0.117. The Bertz CT molecular complexity index is 467. The van der Waals surface area contributed by atoms with Gasteiger partial charge in [0.2, 0.25) is 10.0 Å². The Labute approximate surface area is 113 Å². The highest BCUT2D eigenvalue weighted by molar-refractivity contribution is 8.00. The van der Waals surface area contributed by atoms with Gasteiger partial charge in [0.05, 0.1) is 11.4 Å². The molecule has 0 aliphatic rings. The molecule has 0 aliphatic heterocycles. The lowest BCUT2D eigenvalue weighted by atomic mass is 10.1. The zero-order valence-electron chi connectivity index (χ0n) is 10.8. The van der Waals surface area contributed by atoms with Crippen LogP contribution in [-0.4, -0.2) is 32.2 Å². The molecule has 3 N–H and O–H groups in total. The monoisotopic (exact) mass is 288 g/mol. The van der Waals surface area contributed by atoms with Gasteiger partial charge in [0.1, 0.15) is 0 Å². The van der Waals surface area contributed by atoms with Crippen molar-refractivity contribution in [2.45, 2.75) is 13.8 Å². The summed E-state index contributed by atoms with van der Waals surface area (Å²) in [5.74, 6) is 1.47. The quantitative estimate of drug-likeness (QED) is 0.750. The van der Waals surface area contributed by atoms with E-state index in [1.807, 2.05) is 32.0 Å². The highest BCUT2D eigenvalue weighted by Crippen LogP contribution is 2.20. The summed E-state index contributed by atoms with van der Waals surface area (Å²) in [7, 11) is -3.27. The normalized spacial score (nSPS) is 11.5. The van der Waals surface area contributed by atoms with Gasteiger partial charge in [-0.25, -0.2) is 8.42 Å². The number of nitrogens with one attached hydrogen (secondary N) is 1. The number of thioether (sulfide) groups is 1. The minimum Gasteiger partial charge on any atom is -0.330 e. The van der Waals surface area contributed by atoms with E-state index in [-0.39, 0.29) is 5.75 Å². The first kappa shape index (κ1) is 15.3. The van der Waals surface area contributed by atoms with Crippen LogP contribution in [0.3, 0.4) is 0 Å². The van der Waals surface area contributed by atoms with E-state index >= 15 is 0 Å². The molecule has 0 bridgehead atoms. The summed E-state index contributed by atoms with van der Waals surface area (Å²) < 4.78 is 26.5. The maximum Gasteiger partial charge on any atom is 0.233 e. The third kappa shape index (κ3) is 4.88. The maximum absolute atomic E-state index is 11.9. The molecule has 0 saturated carbocycles. The Morgan fingerprint density at radius 2 is 1.83 bits per heavy atom. The molecule has 18 heavy (non-hydrogen) atoms. The smallest absolute Gasteiger partial charge is 0.233 e. The third-order valence-electron chi connectivity index (χ3n) is 2.50. The van der Waals surface area contributed by atoms with Gasteiger partial charge >= 0.3 is 0 Å². The van der Waals surface area contributed by atoms with E-state index in [9.17, 15) is 8.42 Å². The van der Waals surface area contributed by atoms with Crippen LogP contribution in [0, 0.1) is 13.8 Å². The van der Waals surface area contributed by atoms with Crippen LogP contribution in [0.5, 0.6) is 0 Å². The van der Waals surface area contributed by atoms with E-state index in [0.29, 0.717) is 18.0 Å². The maximum atomic E-state index is 11.9. The highest BCUT2D eigenvalue weighted by Gasteiger charge is 2.12. The fraction of sp³-hybridized carbons (Fsp3) is 0.500. The molecular formula is C12H20N2O2S2. The number of nitrogens with two attached hydrogens (primary N) is 1. The first-order valence-corrected chi connectivity index (χ1v) is 8.61. The first-order valence-electron chi connectivity index (χ1n) is 5.81. The molecule has 0 radical (unpaired) electrons. The Morgan fingerprint density at radius 1 is 1.22 bits per heavy atom. The van der Waals surface area contributed by atoms with E-state index < -0.39 is 10.0 Å². The number of hydrogen-bond acceptors (Lipinski definition) is 4. The van der Waals surface area contributed by atoms with Crippen molar-refractivity contribution in [1.29, 1.82) is 0 Å². The first-order chi connectivity index (χ1) is 8.46. The van der Waals surface area contributed by atoms with Gasteiger partial charge < -0.3 is 5.73 Å². The second-order valence-electron chi connectivity index (χ2n) is 4.09. The van der Waals surface area contributed by atoms with Crippen LogP contribution in [0.2, 0.25) is 0 Å². The van der Waals surface area contributed by atoms with E-state index in [0.717, 1.165) is 16.9 Å². The third-order valence-corrected chi connectivity index (χ3v) is 5.03. The summed E-state index contributed by atoms with van der Waals surface area (Å²) in [4.78, 5) is 0. The molecule has 6 heteroatoms. The van der Waals surface area contributed by atoms with Crippen molar-refractivity contribution in [2.24, 2.45) is 5.73 Å². The predicted octanol–water partition coefficient (Wildman–Crippen LogP) is 1.74. The Balaban J connectivity index is 2.65. The van der Waals surface area contributed by atoms with Crippen molar-refractivity contribution in [3.05, 3.63) is 29.3 Å². The Kier molecular flexibility index (Phi) is 5.98. The minimum atomic E-state index is -3.27. The fourth-order valence-electron chi connectivity index (χ4n) is 1.54. The number of benzene rings is 1. The number of rotatable bonds is 7. The van der Waals surface area contributed by atoms with Gasteiger partial charge in [0, 0.05) is 18.1 Å². The molecule has 0 heterocycles. The van der Waals surface area contributed by atoms with E-state index in [1.165, 1.54) is 0 Å². The number of hydrogen-bond donors (Lipinski definition) is 2. The van der Waals surface area contributed by atoms with Gasteiger partial charge in [-0.2, -0.15) is 11.8 Å². The molecule has 0 amide bonds. The van der Waals surface area contributed by atoms with Crippen molar-refractivity contribution in [1.82, 2.24) is 0 Å². The van der Waals surface area contributed by atoms with Crippen molar-refractivity contribution >= 4 is 27.5 Å². The van der Waals surface area contributed by atoms with Gasteiger partial charge in [-0.05, 0) is 25.0 Å². The van der Waals surface area contributed by atoms with Gasteiger partial charge in [0.15, 0.2) is 0 Å². The fourth-order valence-corrected chi connectivity index (χ4v) is 3.99. The molecule has 0 atom stereocenters. The summed E-state index contributed by atoms with van der Waals surface area (Å²) in [5, 5.41) is 0. The van der Waals surface area contributed by atoms with Gasteiger partial charge in [0.25, 0.3) is 0 Å². The molecule has 1 aromatic rings. The number of anilines is 1. The van der Waals surface area contributed by atoms with E-state index in [4.69, 9.17) is 5.73 Å². The molecule has 4 nitrogen and oxygen atoms in total. The molecule has 0 spiro atoms. The van der Waals surface area contributed by atoms with E-state index in [2.05, 4.69) is 4.72 Å². The van der Waals surface area contributed by atoms with Crippen LogP contribution in [0.15, 0.2) is 18.2 Å². The topological polar surface area (TPSA) is 72.2 Å². The number of para-hydroxylation sites is 1.